The lowest BCUT2D eigenvalue weighted by Crippen LogP contribution is -2.33. The Morgan fingerprint density at radius 3 is 2.69 bits per heavy atom. The monoisotopic (exact) mass is 490 g/mol. The highest BCUT2D eigenvalue weighted by Gasteiger charge is 2.30. The van der Waals surface area contributed by atoms with E-state index < -0.39 is 11.7 Å². The predicted molar refractivity (Wildman–Crippen MR) is 105 cm³/mol. The summed E-state index contributed by atoms with van der Waals surface area (Å²) in [5.74, 6) is 0.182. The summed E-state index contributed by atoms with van der Waals surface area (Å²) in [6, 6.07) is 12.5. The highest BCUT2D eigenvalue weighted by Crippen LogP contribution is 2.31. The third-order valence-electron chi connectivity index (χ3n) is 3.77. The van der Waals surface area contributed by atoms with Crippen LogP contribution in [0.1, 0.15) is 21.5 Å². The molecule has 2 aromatic rings. The van der Waals surface area contributed by atoms with Crippen molar-refractivity contribution < 1.29 is 18.0 Å². The minimum Gasteiger partial charge on any atom is -0.286 e. The van der Waals surface area contributed by atoms with Crippen molar-refractivity contribution in [3.05, 3.63) is 68.8 Å². The molecule has 3 nitrogen and oxygen atoms in total. The molecule has 0 bridgehead atoms. The van der Waals surface area contributed by atoms with Gasteiger partial charge in [-0.15, -0.1) is 0 Å². The molecule has 0 spiro atoms. The molecule has 0 unspecified atom stereocenters. The average molecular weight is 490 g/mol. The number of carbonyl (C=O) groups excluding carboxylic acids is 1. The zero-order valence-corrected chi connectivity index (χ0v) is 16.4. The molecule has 26 heavy (non-hydrogen) atoms. The van der Waals surface area contributed by atoms with Crippen molar-refractivity contribution in [3.8, 4) is 0 Å². The number of hydrogen-bond acceptors (Lipinski definition) is 3. The van der Waals surface area contributed by atoms with Gasteiger partial charge in [0.2, 0.25) is 0 Å². The summed E-state index contributed by atoms with van der Waals surface area (Å²) >= 11 is 3.39. The highest BCUT2D eigenvalue weighted by atomic mass is 127. The van der Waals surface area contributed by atoms with Crippen LogP contribution in [0.25, 0.3) is 0 Å². The molecule has 3 rings (SSSR count). The van der Waals surface area contributed by atoms with E-state index in [0.717, 1.165) is 15.7 Å². The zero-order valence-electron chi connectivity index (χ0n) is 13.5. The smallest absolute Gasteiger partial charge is 0.286 e. The summed E-state index contributed by atoms with van der Waals surface area (Å²) in [6.45, 7) is 0.981. The molecule has 1 amide bonds. The average Bonchev–Trinajstić information content (AvgIpc) is 3.08. The van der Waals surface area contributed by atoms with Crippen LogP contribution in [0.2, 0.25) is 0 Å². The quantitative estimate of drug-likeness (QED) is 0.564. The SMILES string of the molecule is O=C(c1ccccc1I)N1CCN=C1SCc1cccc(C(F)(F)F)c1. The van der Waals surface area contributed by atoms with Gasteiger partial charge in [0.15, 0.2) is 5.17 Å². The molecule has 1 aliphatic heterocycles. The van der Waals surface area contributed by atoms with Gasteiger partial charge in [-0.3, -0.25) is 14.7 Å². The molecule has 0 aromatic heterocycles. The third kappa shape index (κ3) is 4.40. The van der Waals surface area contributed by atoms with Gasteiger partial charge in [-0.25, -0.2) is 0 Å². The highest BCUT2D eigenvalue weighted by molar-refractivity contribution is 14.1. The summed E-state index contributed by atoms with van der Waals surface area (Å²) in [5, 5.41) is 0.548. The Morgan fingerprint density at radius 1 is 1.19 bits per heavy atom. The van der Waals surface area contributed by atoms with Crippen molar-refractivity contribution >= 4 is 45.4 Å². The summed E-state index contributed by atoms with van der Waals surface area (Å²) in [7, 11) is 0. The van der Waals surface area contributed by atoms with E-state index in [4.69, 9.17) is 0 Å². The van der Waals surface area contributed by atoms with Gasteiger partial charge in [0.05, 0.1) is 17.7 Å². The second-order valence-corrected chi connectivity index (χ2v) is 7.69. The van der Waals surface area contributed by atoms with Crippen molar-refractivity contribution in [2.45, 2.75) is 11.9 Å². The third-order valence-corrected chi connectivity index (χ3v) is 5.80. The molecular weight excluding hydrogens is 476 g/mol. The van der Waals surface area contributed by atoms with E-state index in [0.29, 0.717) is 35.1 Å². The lowest BCUT2D eigenvalue weighted by atomic mass is 10.1. The number of nitrogens with zero attached hydrogens (tertiary/aromatic N) is 2. The standard InChI is InChI=1S/C18H14F3IN2OS/c19-18(20,21)13-5-3-4-12(10-13)11-26-17-23-8-9-24(17)16(25)14-6-1-2-7-15(14)22/h1-7,10H,8-9,11H2. The summed E-state index contributed by atoms with van der Waals surface area (Å²) in [6.07, 6.45) is -4.36. The minimum atomic E-state index is -4.36. The fraction of sp³-hybridized carbons (Fsp3) is 0.222. The molecular formula is C18H14F3IN2OS. The van der Waals surface area contributed by atoms with E-state index >= 15 is 0 Å². The van der Waals surface area contributed by atoms with Crippen molar-refractivity contribution in [2.24, 2.45) is 4.99 Å². The first-order chi connectivity index (χ1) is 12.4. The van der Waals surface area contributed by atoms with E-state index in [1.807, 2.05) is 12.1 Å². The molecule has 0 radical (unpaired) electrons. The number of amides is 1. The van der Waals surface area contributed by atoms with Crippen molar-refractivity contribution in [1.29, 1.82) is 0 Å². The van der Waals surface area contributed by atoms with E-state index in [-0.39, 0.29) is 5.91 Å². The van der Waals surface area contributed by atoms with Crippen LogP contribution in [0.3, 0.4) is 0 Å². The molecule has 0 atom stereocenters. The van der Waals surface area contributed by atoms with Gasteiger partial charge in [-0.1, -0.05) is 42.1 Å². The van der Waals surface area contributed by atoms with Crippen LogP contribution in [0.5, 0.6) is 0 Å². The molecule has 0 aliphatic carbocycles. The Hall–Kier alpha value is -1.55. The number of rotatable bonds is 3. The molecule has 0 saturated carbocycles. The van der Waals surface area contributed by atoms with E-state index in [1.165, 1.54) is 17.8 Å². The maximum absolute atomic E-state index is 12.8. The van der Waals surface area contributed by atoms with Crippen molar-refractivity contribution in [3.63, 3.8) is 0 Å². The molecule has 1 heterocycles. The Kier molecular flexibility index (Phi) is 5.91. The molecule has 136 valence electrons. The lowest BCUT2D eigenvalue weighted by Gasteiger charge is -2.18. The second-order valence-electron chi connectivity index (χ2n) is 5.59. The number of hydrogen-bond donors (Lipinski definition) is 0. The number of halogens is 4. The van der Waals surface area contributed by atoms with E-state index in [9.17, 15) is 18.0 Å². The fourth-order valence-electron chi connectivity index (χ4n) is 2.50. The maximum atomic E-state index is 12.8. The minimum absolute atomic E-state index is 0.136. The van der Waals surface area contributed by atoms with Gasteiger partial charge in [-0.05, 0) is 46.4 Å². The second kappa shape index (κ2) is 7.99. The Balaban J connectivity index is 1.70. The summed E-state index contributed by atoms with van der Waals surface area (Å²) in [4.78, 5) is 18.7. The number of carbonyl (C=O) groups is 1. The van der Waals surface area contributed by atoms with Crippen LogP contribution in [0, 0.1) is 3.57 Å². The molecule has 1 aliphatic rings. The molecule has 0 saturated heterocycles. The van der Waals surface area contributed by atoms with Crippen LogP contribution in [0.15, 0.2) is 53.5 Å². The summed E-state index contributed by atoms with van der Waals surface area (Å²) < 4.78 is 39.3. The Bertz CT molecular complexity index is 854. The fourth-order valence-corrected chi connectivity index (χ4v) is 4.11. The molecule has 8 heteroatoms. The Morgan fingerprint density at radius 2 is 1.96 bits per heavy atom. The number of aliphatic imine (C=N–C) groups is 1. The molecule has 2 aromatic carbocycles. The van der Waals surface area contributed by atoms with Crippen LogP contribution in [-0.2, 0) is 11.9 Å². The topological polar surface area (TPSA) is 32.7 Å². The van der Waals surface area contributed by atoms with Gasteiger partial charge in [0.1, 0.15) is 0 Å². The van der Waals surface area contributed by atoms with E-state index in [2.05, 4.69) is 27.6 Å². The van der Waals surface area contributed by atoms with Crippen molar-refractivity contribution in [2.75, 3.05) is 13.1 Å². The first kappa shape index (κ1) is 19.2. The zero-order chi connectivity index (χ0) is 18.7. The first-order valence-electron chi connectivity index (χ1n) is 7.76. The summed E-state index contributed by atoms with van der Waals surface area (Å²) in [5.41, 5.74) is 0.471. The van der Waals surface area contributed by atoms with Crippen LogP contribution >= 0.6 is 34.4 Å². The van der Waals surface area contributed by atoms with Gasteiger partial charge in [0.25, 0.3) is 5.91 Å². The van der Waals surface area contributed by atoms with Crippen LogP contribution in [-0.4, -0.2) is 29.1 Å². The van der Waals surface area contributed by atoms with E-state index in [1.54, 1.807) is 23.1 Å². The number of alkyl halides is 3. The number of amidine groups is 1. The number of thioether (sulfide) groups is 1. The largest absolute Gasteiger partial charge is 0.416 e. The normalized spacial score (nSPS) is 14.5. The maximum Gasteiger partial charge on any atom is 0.416 e. The predicted octanol–water partition coefficient (Wildman–Crippen LogP) is 5.06. The van der Waals surface area contributed by atoms with Gasteiger partial charge >= 0.3 is 6.18 Å². The lowest BCUT2D eigenvalue weighted by molar-refractivity contribution is -0.137. The van der Waals surface area contributed by atoms with Gasteiger partial charge in [0, 0.05) is 15.9 Å². The molecule has 0 N–H and O–H groups in total. The number of benzene rings is 2. The van der Waals surface area contributed by atoms with Crippen LogP contribution in [0.4, 0.5) is 13.2 Å². The first-order valence-corrected chi connectivity index (χ1v) is 9.82. The van der Waals surface area contributed by atoms with Crippen LogP contribution < -0.4 is 0 Å². The molecule has 0 fully saturated rings. The van der Waals surface area contributed by atoms with Crippen molar-refractivity contribution in [1.82, 2.24) is 4.90 Å². The Labute approximate surface area is 166 Å². The van der Waals surface area contributed by atoms with Gasteiger partial charge in [-0.2, -0.15) is 13.2 Å². The van der Waals surface area contributed by atoms with Gasteiger partial charge < -0.3 is 0 Å².